The van der Waals surface area contributed by atoms with Gasteiger partial charge >= 0.3 is 0 Å². The van der Waals surface area contributed by atoms with Crippen molar-refractivity contribution in [3.8, 4) is 0 Å². The van der Waals surface area contributed by atoms with Crippen LogP contribution in [0.3, 0.4) is 0 Å². The average molecular weight is 385 g/mol. The normalized spacial score (nSPS) is 18.9. The van der Waals surface area contributed by atoms with E-state index in [1.54, 1.807) is 5.56 Å². The minimum absolute atomic E-state index is 0.676. The molecule has 2 aliphatic rings. The molecule has 158 valence electrons. The van der Waals surface area contributed by atoms with E-state index in [2.05, 4.69) is 36.6 Å². The first-order valence-electron chi connectivity index (χ1n) is 12.4. The molecular weight excluding hydrogens is 340 g/mol. The van der Waals surface area contributed by atoms with Crippen LogP contribution in [-0.2, 0) is 6.42 Å². The summed E-state index contributed by atoms with van der Waals surface area (Å²) in [6, 6.07) is 6.29. The van der Waals surface area contributed by atoms with E-state index in [-0.39, 0.29) is 0 Å². The number of rotatable bonds is 10. The van der Waals surface area contributed by atoms with E-state index in [0.717, 1.165) is 0 Å². The maximum absolute atomic E-state index is 3.97. The second-order valence-electron chi connectivity index (χ2n) is 9.45. The largest absolute Gasteiger partial charge is 0.382 e. The summed E-state index contributed by atoms with van der Waals surface area (Å²) in [5.41, 5.74) is 5.78. The Kier molecular flexibility index (Phi) is 9.02. The van der Waals surface area contributed by atoms with Gasteiger partial charge in [-0.1, -0.05) is 77.2 Å². The van der Waals surface area contributed by atoms with Crippen LogP contribution in [-0.4, -0.2) is 12.1 Å². The van der Waals surface area contributed by atoms with Gasteiger partial charge in [0.1, 0.15) is 0 Å². The molecule has 2 saturated carbocycles. The highest BCUT2D eigenvalue weighted by Crippen LogP contribution is 2.32. The molecule has 1 aromatic carbocycles. The van der Waals surface area contributed by atoms with E-state index in [1.807, 2.05) is 0 Å². The average Bonchev–Trinajstić information content (AvgIpc) is 2.72. The zero-order valence-corrected chi connectivity index (χ0v) is 18.6. The van der Waals surface area contributed by atoms with Crippen LogP contribution in [0.15, 0.2) is 12.1 Å². The number of nitrogens with one attached hydrogen (secondary N) is 2. The molecular formula is C26H44N2. The summed E-state index contributed by atoms with van der Waals surface area (Å²) in [4.78, 5) is 0. The number of anilines is 2. The Morgan fingerprint density at radius 2 is 1.29 bits per heavy atom. The summed E-state index contributed by atoms with van der Waals surface area (Å²) in [6.07, 6.45) is 21.8. The SMILES string of the molecule is CCCCCCCc1cc(C)c(NC2CCCCC2)cc1NC1CCCCC1. The van der Waals surface area contributed by atoms with Crippen LogP contribution in [0, 0.1) is 6.92 Å². The highest BCUT2D eigenvalue weighted by Gasteiger charge is 2.18. The molecule has 0 bridgehead atoms. The summed E-state index contributed by atoms with van der Waals surface area (Å²) in [6.45, 7) is 4.60. The Morgan fingerprint density at radius 1 is 0.714 bits per heavy atom. The number of benzene rings is 1. The lowest BCUT2D eigenvalue weighted by molar-refractivity contribution is 0.461. The van der Waals surface area contributed by atoms with E-state index in [1.165, 1.54) is 120 Å². The first-order chi connectivity index (χ1) is 13.8. The lowest BCUT2D eigenvalue weighted by Crippen LogP contribution is -2.24. The molecule has 0 amide bonds. The van der Waals surface area contributed by atoms with Gasteiger partial charge < -0.3 is 10.6 Å². The minimum Gasteiger partial charge on any atom is -0.382 e. The summed E-state index contributed by atoms with van der Waals surface area (Å²) in [7, 11) is 0. The van der Waals surface area contributed by atoms with Gasteiger partial charge in [0.15, 0.2) is 0 Å². The Morgan fingerprint density at radius 3 is 1.89 bits per heavy atom. The third kappa shape index (κ3) is 6.71. The molecule has 0 unspecified atom stereocenters. The van der Waals surface area contributed by atoms with Crippen molar-refractivity contribution in [3.05, 3.63) is 23.3 Å². The smallest absolute Gasteiger partial charge is 0.0395 e. The molecule has 0 radical (unpaired) electrons. The summed E-state index contributed by atoms with van der Waals surface area (Å²) < 4.78 is 0. The molecule has 0 heterocycles. The van der Waals surface area contributed by atoms with E-state index in [0.29, 0.717) is 12.1 Å². The molecule has 0 aliphatic heterocycles. The van der Waals surface area contributed by atoms with E-state index >= 15 is 0 Å². The lowest BCUT2D eigenvalue weighted by Gasteiger charge is -2.28. The molecule has 2 fully saturated rings. The molecule has 3 rings (SSSR count). The van der Waals surface area contributed by atoms with Gasteiger partial charge in [0.05, 0.1) is 0 Å². The van der Waals surface area contributed by atoms with Crippen LogP contribution in [0.25, 0.3) is 0 Å². The molecule has 0 spiro atoms. The molecule has 2 N–H and O–H groups in total. The maximum atomic E-state index is 3.97. The van der Waals surface area contributed by atoms with Crippen LogP contribution in [0.2, 0.25) is 0 Å². The summed E-state index contributed by atoms with van der Waals surface area (Å²) in [5, 5.41) is 7.86. The fourth-order valence-electron chi connectivity index (χ4n) is 5.12. The Hall–Kier alpha value is -1.18. The maximum Gasteiger partial charge on any atom is 0.0395 e. The van der Waals surface area contributed by atoms with Crippen molar-refractivity contribution in [1.29, 1.82) is 0 Å². The zero-order valence-electron chi connectivity index (χ0n) is 18.6. The summed E-state index contributed by atoms with van der Waals surface area (Å²) >= 11 is 0. The van der Waals surface area contributed by atoms with Crippen LogP contribution >= 0.6 is 0 Å². The van der Waals surface area contributed by atoms with Crippen molar-refractivity contribution >= 4 is 11.4 Å². The second kappa shape index (κ2) is 11.7. The van der Waals surface area contributed by atoms with Crippen LogP contribution in [0.5, 0.6) is 0 Å². The van der Waals surface area contributed by atoms with Gasteiger partial charge in [-0.3, -0.25) is 0 Å². The zero-order chi connectivity index (χ0) is 19.6. The Labute approximate surface area is 174 Å². The second-order valence-corrected chi connectivity index (χ2v) is 9.45. The molecule has 0 atom stereocenters. The van der Waals surface area contributed by atoms with Gasteiger partial charge in [0.2, 0.25) is 0 Å². The number of hydrogen-bond acceptors (Lipinski definition) is 2. The van der Waals surface area contributed by atoms with Crippen molar-refractivity contribution in [3.63, 3.8) is 0 Å². The van der Waals surface area contributed by atoms with Gasteiger partial charge in [0, 0.05) is 23.5 Å². The van der Waals surface area contributed by atoms with Gasteiger partial charge in [-0.15, -0.1) is 0 Å². The number of unbranched alkanes of at least 4 members (excludes halogenated alkanes) is 4. The van der Waals surface area contributed by atoms with Crippen molar-refractivity contribution in [2.24, 2.45) is 0 Å². The molecule has 28 heavy (non-hydrogen) atoms. The number of hydrogen-bond donors (Lipinski definition) is 2. The quantitative estimate of drug-likeness (QED) is 0.399. The first kappa shape index (κ1) is 21.5. The molecule has 2 aliphatic carbocycles. The van der Waals surface area contributed by atoms with Crippen molar-refractivity contribution in [2.45, 2.75) is 129 Å². The topological polar surface area (TPSA) is 24.1 Å². The van der Waals surface area contributed by atoms with E-state index in [4.69, 9.17) is 0 Å². The lowest BCUT2D eigenvalue weighted by atomic mass is 9.93. The van der Waals surface area contributed by atoms with Gasteiger partial charge in [-0.2, -0.15) is 0 Å². The first-order valence-corrected chi connectivity index (χ1v) is 12.4. The van der Waals surface area contributed by atoms with E-state index in [9.17, 15) is 0 Å². The number of aryl methyl sites for hydroxylation is 2. The van der Waals surface area contributed by atoms with Crippen molar-refractivity contribution < 1.29 is 0 Å². The van der Waals surface area contributed by atoms with Crippen molar-refractivity contribution in [2.75, 3.05) is 10.6 Å². The monoisotopic (exact) mass is 384 g/mol. The van der Waals surface area contributed by atoms with Crippen LogP contribution in [0.4, 0.5) is 11.4 Å². The fourth-order valence-corrected chi connectivity index (χ4v) is 5.12. The predicted molar refractivity (Wildman–Crippen MR) is 125 cm³/mol. The fraction of sp³-hybridized carbons (Fsp3) is 0.769. The minimum atomic E-state index is 0.676. The predicted octanol–water partition coefficient (Wildman–Crippen LogP) is 8.00. The molecule has 2 heteroatoms. The van der Waals surface area contributed by atoms with Gasteiger partial charge in [-0.05, 0) is 62.6 Å². The van der Waals surface area contributed by atoms with Crippen LogP contribution in [0.1, 0.15) is 114 Å². The standard InChI is InChI=1S/C26H44N2/c1-3-4-5-6-9-14-22-19-21(2)25(27-23-15-10-7-11-16-23)20-26(22)28-24-17-12-8-13-18-24/h19-20,23-24,27-28H,3-18H2,1-2H3. The summed E-state index contributed by atoms with van der Waals surface area (Å²) in [5.74, 6) is 0. The Bertz CT molecular complexity index is 568. The Balaban J connectivity index is 1.69. The highest BCUT2D eigenvalue weighted by molar-refractivity contribution is 5.66. The van der Waals surface area contributed by atoms with Gasteiger partial charge in [0.25, 0.3) is 0 Å². The highest BCUT2D eigenvalue weighted by atomic mass is 14.9. The molecule has 0 saturated heterocycles. The molecule has 0 aromatic heterocycles. The third-order valence-corrected chi connectivity index (χ3v) is 6.93. The third-order valence-electron chi connectivity index (χ3n) is 6.93. The van der Waals surface area contributed by atoms with Gasteiger partial charge in [-0.25, -0.2) is 0 Å². The van der Waals surface area contributed by atoms with Crippen molar-refractivity contribution in [1.82, 2.24) is 0 Å². The molecule has 2 nitrogen and oxygen atoms in total. The van der Waals surface area contributed by atoms with E-state index < -0.39 is 0 Å². The molecule has 1 aromatic rings. The van der Waals surface area contributed by atoms with Crippen LogP contribution < -0.4 is 10.6 Å².